The average Bonchev–Trinajstić information content (AvgIpc) is 2.76. The first kappa shape index (κ1) is 23.3. The third kappa shape index (κ3) is 7.38. The molecule has 8 heteroatoms. The standard InChI is InChI=1S/C23H26ClFN4OS/c1-3-29(4-2)12-13-31-22-10-11-26-23(28-22)27-19-8-9-21(20(24)15-19)30-16-17-6-5-7-18(25)14-17/h5-11,14-15H,3-4,12-13,16H2,1-2H3,(H,26,27,28). The van der Waals surface area contributed by atoms with Gasteiger partial charge >= 0.3 is 0 Å². The lowest BCUT2D eigenvalue weighted by molar-refractivity contribution is 0.306. The van der Waals surface area contributed by atoms with Gasteiger partial charge in [-0.3, -0.25) is 0 Å². The Balaban J connectivity index is 1.57. The molecule has 0 saturated carbocycles. The van der Waals surface area contributed by atoms with Crippen LogP contribution in [0.2, 0.25) is 5.02 Å². The second-order valence-electron chi connectivity index (χ2n) is 6.78. The molecule has 0 fully saturated rings. The summed E-state index contributed by atoms with van der Waals surface area (Å²) in [5.74, 6) is 1.72. The van der Waals surface area contributed by atoms with Crippen molar-refractivity contribution in [3.05, 3.63) is 71.1 Å². The Bertz CT molecular complexity index is 987. The van der Waals surface area contributed by atoms with E-state index in [0.29, 0.717) is 16.7 Å². The molecule has 2 aromatic carbocycles. The van der Waals surface area contributed by atoms with Gasteiger partial charge in [-0.1, -0.05) is 37.6 Å². The van der Waals surface area contributed by atoms with Crippen molar-refractivity contribution in [1.82, 2.24) is 14.9 Å². The zero-order valence-corrected chi connectivity index (χ0v) is 19.2. The lowest BCUT2D eigenvalue weighted by atomic mass is 10.2. The van der Waals surface area contributed by atoms with Crippen molar-refractivity contribution in [3.63, 3.8) is 0 Å². The number of halogens is 2. The van der Waals surface area contributed by atoms with Crippen LogP contribution in [0, 0.1) is 5.82 Å². The number of hydrogen-bond acceptors (Lipinski definition) is 6. The van der Waals surface area contributed by atoms with Crippen molar-refractivity contribution in [2.24, 2.45) is 0 Å². The highest BCUT2D eigenvalue weighted by atomic mass is 35.5. The maximum Gasteiger partial charge on any atom is 0.228 e. The molecule has 0 spiro atoms. The molecular weight excluding hydrogens is 435 g/mol. The Morgan fingerprint density at radius 1 is 1.13 bits per heavy atom. The number of anilines is 2. The van der Waals surface area contributed by atoms with E-state index in [1.54, 1.807) is 42.2 Å². The zero-order chi connectivity index (χ0) is 22.1. The summed E-state index contributed by atoms with van der Waals surface area (Å²) in [6, 6.07) is 13.6. The third-order valence-electron chi connectivity index (χ3n) is 4.65. The molecule has 0 bridgehead atoms. The topological polar surface area (TPSA) is 50.3 Å². The highest BCUT2D eigenvalue weighted by Gasteiger charge is 2.07. The minimum absolute atomic E-state index is 0.236. The quantitative estimate of drug-likeness (QED) is 0.278. The van der Waals surface area contributed by atoms with Gasteiger partial charge in [-0.15, -0.1) is 11.8 Å². The molecule has 0 aliphatic carbocycles. The fraction of sp³-hybridized carbons (Fsp3) is 0.304. The van der Waals surface area contributed by atoms with E-state index in [1.165, 1.54) is 12.1 Å². The van der Waals surface area contributed by atoms with Crippen LogP contribution in [0.3, 0.4) is 0 Å². The van der Waals surface area contributed by atoms with Gasteiger partial charge in [-0.2, -0.15) is 0 Å². The van der Waals surface area contributed by atoms with Gasteiger partial charge in [-0.25, -0.2) is 14.4 Å². The van der Waals surface area contributed by atoms with E-state index in [-0.39, 0.29) is 12.4 Å². The number of nitrogens with one attached hydrogen (secondary N) is 1. The largest absolute Gasteiger partial charge is 0.487 e. The number of thioether (sulfide) groups is 1. The monoisotopic (exact) mass is 460 g/mol. The number of aromatic nitrogens is 2. The van der Waals surface area contributed by atoms with Gasteiger partial charge in [0, 0.05) is 24.2 Å². The van der Waals surface area contributed by atoms with E-state index in [9.17, 15) is 4.39 Å². The summed E-state index contributed by atoms with van der Waals surface area (Å²) in [6.07, 6.45) is 1.74. The van der Waals surface area contributed by atoms with E-state index < -0.39 is 0 Å². The van der Waals surface area contributed by atoms with Crippen LogP contribution >= 0.6 is 23.4 Å². The summed E-state index contributed by atoms with van der Waals surface area (Å²) in [7, 11) is 0. The van der Waals surface area contributed by atoms with Crippen LogP contribution in [-0.4, -0.2) is 40.3 Å². The summed E-state index contributed by atoms with van der Waals surface area (Å²) in [4.78, 5) is 11.2. The van der Waals surface area contributed by atoms with Gasteiger partial charge in [0.1, 0.15) is 23.2 Å². The minimum Gasteiger partial charge on any atom is -0.487 e. The molecule has 31 heavy (non-hydrogen) atoms. The van der Waals surface area contributed by atoms with E-state index in [1.807, 2.05) is 12.1 Å². The van der Waals surface area contributed by atoms with Crippen molar-refractivity contribution >= 4 is 35.0 Å². The molecule has 3 rings (SSSR count). The minimum atomic E-state index is -0.291. The van der Waals surface area contributed by atoms with Gasteiger partial charge in [-0.05, 0) is 55.1 Å². The van der Waals surface area contributed by atoms with Gasteiger partial charge in [0.25, 0.3) is 0 Å². The molecule has 1 heterocycles. The predicted molar refractivity (Wildman–Crippen MR) is 126 cm³/mol. The first-order valence-corrected chi connectivity index (χ1v) is 11.6. The molecule has 1 N–H and O–H groups in total. The van der Waals surface area contributed by atoms with Crippen molar-refractivity contribution in [2.75, 3.05) is 30.7 Å². The molecule has 0 radical (unpaired) electrons. The molecule has 0 atom stereocenters. The normalized spacial score (nSPS) is 11.0. The molecular formula is C23H26ClFN4OS. The molecule has 3 aromatic rings. The highest BCUT2D eigenvalue weighted by Crippen LogP contribution is 2.29. The molecule has 0 unspecified atom stereocenters. The smallest absolute Gasteiger partial charge is 0.228 e. The van der Waals surface area contributed by atoms with Gasteiger partial charge < -0.3 is 15.0 Å². The molecule has 0 saturated heterocycles. The Morgan fingerprint density at radius 3 is 2.71 bits per heavy atom. The number of benzene rings is 2. The first-order chi connectivity index (χ1) is 15.1. The summed E-state index contributed by atoms with van der Waals surface area (Å²) >= 11 is 8.07. The molecule has 164 valence electrons. The maximum atomic E-state index is 13.3. The number of rotatable bonds is 11. The summed E-state index contributed by atoms with van der Waals surface area (Å²) in [6.45, 7) is 7.71. The lowest BCUT2D eigenvalue weighted by Gasteiger charge is -2.17. The molecule has 0 amide bonds. The van der Waals surface area contributed by atoms with Crippen LogP contribution in [0.25, 0.3) is 0 Å². The van der Waals surface area contributed by atoms with Crippen LogP contribution < -0.4 is 10.1 Å². The Kier molecular flexibility index (Phi) is 8.94. The van der Waals surface area contributed by atoms with E-state index in [0.717, 1.165) is 41.7 Å². The summed E-state index contributed by atoms with van der Waals surface area (Å²) in [5.41, 5.74) is 1.50. The van der Waals surface area contributed by atoms with Crippen LogP contribution in [0.1, 0.15) is 19.4 Å². The second-order valence-corrected chi connectivity index (χ2v) is 8.31. The van der Waals surface area contributed by atoms with Crippen LogP contribution in [0.4, 0.5) is 16.0 Å². The van der Waals surface area contributed by atoms with Crippen molar-refractivity contribution < 1.29 is 9.13 Å². The molecule has 5 nitrogen and oxygen atoms in total. The fourth-order valence-electron chi connectivity index (χ4n) is 2.91. The van der Waals surface area contributed by atoms with Crippen LogP contribution in [0.5, 0.6) is 5.75 Å². The number of nitrogens with zero attached hydrogens (tertiary/aromatic N) is 3. The molecule has 0 aliphatic heterocycles. The number of hydrogen-bond donors (Lipinski definition) is 1. The number of ether oxygens (including phenoxy) is 1. The fourth-order valence-corrected chi connectivity index (χ4v) is 4.02. The Hall–Kier alpha value is -2.35. The van der Waals surface area contributed by atoms with Crippen LogP contribution in [0.15, 0.2) is 59.8 Å². The van der Waals surface area contributed by atoms with E-state index in [4.69, 9.17) is 16.3 Å². The Morgan fingerprint density at radius 2 is 1.97 bits per heavy atom. The van der Waals surface area contributed by atoms with Crippen molar-refractivity contribution in [1.29, 1.82) is 0 Å². The third-order valence-corrected chi connectivity index (χ3v) is 5.86. The zero-order valence-electron chi connectivity index (χ0n) is 17.6. The van der Waals surface area contributed by atoms with E-state index >= 15 is 0 Å². The van der Waals surface area contributed by atoms with Gasteiger partial charge in [0.05, 0.1) is 5.02 Å². The Labute approximate surface area is 192 Å². The van der Waals surface area contributed by atoms with Crippen molar-refractivity contribution in [3.8, 4) is 5.75 Å². The highest BCUT2D eigenvalue weighted by molar-refractivity contribution is 7.99. The lowest BCUT2D eigenvalue weighted by Crippen LogP contribution is -2.25. The predicted octanol–water partition coefficient (Wildman–Crippen LogP) is 6.03. The average molecular weight is 461 g/mol. The molecule has 0 aliphatic rings. The van der Waals surface area contributed by atoms with Gasteiger partial charge in [0.2, 0.25) is 5.95 Å². The summed E-state index contributed by atoms with van der Waals surface area (Å²) in [5, 5.41) is 4.55. The van der Waals surface area contributed by atoms with Crippen LogP contribution in [-0.2, 0) is 6.61 Å². The molecule has 1 aromatic heterocycles. The van der Waals surface area contributed by atoms with Crippen molar-refractivity contribution in [2.45, 2.75) is 25.5 Å². The van der Waals surface area contributed by atoms with E-state index in [2.05, 4.69) is 34.0 Å². The second kappa shape index (κ2) is 11.9. The first-order valence-electron chi connectivity index (χ1n) is 10.2. The van der Waals surface area contributed by atoms with Gasteiger partial charge in [0.15, 0.2) is 0 Å². The SMILES string of the molecule is CCN(CC)CCSc1ccnc(Nc2ccc(OCc3cccc(F)c3)c(Cl)c2)n1. The summed E-state index contributed by atoms with van der Waals surface area (Å²) < 4.78 is 19.0. The maximum absolute atomic E-state index is 13.3.